The third kappa shape index (κ3) is 2.12. The van der Waals surface area contributed by atoms with Crippen molar-refractivity contribution in [2.45, 2.75) is 12.8 Å². The minimum Gasteiger partial charge on any atom is -0.493 e. The quantitative estimate of drug-likeness (QED) is 0.857. The summed E-state index contributed by atoms with van der Waals surface area (Å²) in [6, 6.07) is 3.67. The van der Waals surface area contributed by atoms with Gasteiger partial charge in [0.1, 0.15) is 0 Å². The van der Waals surface area contributed by atoms with Crippen LogP contribution in [0.15, 0.2) is 10.5 Å². The number of nitriles is 1. The Bertz CT molecular complexity index is 443. The summed E-state index contributed by atoms with van der Waals surface area (Å²) in [6.07, 6.45) is 0. The second-order valence-corrected chi connectivity index (χ2v) is 4.03. The Morgan fingerprint density at radius 3 is 2.38 bits per heavy atom. The highest BCUT2D eigenvalue weighted by Gasteiger charge is 2.21. The summed E-state index contributed by atoms with van der Waals surface area (Å²) in [5.41, 5.74) is 0.496. The molecule has 0 heterocycles. The lowest BCUT2D eigenvalue weighted by atomic mass is 10.0. The maximum Gasteiger partial charge on any atom is 0.208 e. The summed E-state index contributed by atoms with van der Waals surface area (Å²) in [4.78, 5) is 0. The van der Waals surface area contributed by atoms with E-state index in [0.29, 0.717) is 10.0 Å². The van der Waals surface area contributed by atoms with Gasteiger partial charge in [-0.15, -0.1) is 0 Å². The van der Waals surface area contributed by atoms with Gasteiger partial charge in [-0.1, -0.05) is 0 Å². The van der Waals surface area contributed by atoms with E-state index in [2.05, 4.69) is 15.9 Å². The first-order chi connectivity index (χ1) is 7.56. The van der Waals surface area contributed by atoms with Gasteiger partial charge in [-0.2, -0.15) is 9.65 Å². The molecule has 0 saturated carbocycles. The summed E-state index contributed by atoms with van der Waals surface area (Å²) in [5.74, 6) is -0.928. The Morgan fingerprint density at radius 2 is 1.94 bits per heavy atom. The Balaban J connectivity index is 3.48. The molecule has 0 spiro atoms. The van der Waals surface area contributed by atoms with Gasteiger partial charge in [-0.25, -0.2) is 0 Å². The predicted octanol–water partition coefficient (Wildman–Crippen LogP) is 3.23. The van der Waals surface area contributed by atoms with Crippen LogP contribution in [0.1, 0.15) is 18.4 Å². The Morgan fingerprint density at radius 1 is 1.38 bits per heavy atom. The lowest BCUT2D eigenvalue weighted by Gasteiger charge is -2.14. The van der Waals surface area contributed by atoms with Crippen molar-refractivity contribution in [3.63, 3.8) is 0 Å². The van der Waals surface area contributed by atoms with Gasteiger partial charge in [0, 0.05) is 5.56 Å². The molecule has 1 aromatic carbocycles. The number of ether oxygens (including phenoxy) is 2. The fourth-order valence-corrected chi connectivity index (χ4v) is 1.97. The van der Waals surface area contributed by atoms with E-state index in [0.717, 1.165) is 0 Å². The number of benzene rings is 1. The molecule has 86 valence electrons. The highest BCUT2D eigenvalue weighted by molar-refractivity contribution is 9.10. The van der Waals surface area contributed by atoms with Gasteiger partial charge in [0.05, 0.1) is 30.7 Å². The SMILES string of the molecule is COc1c(Br)cc(C(C)C#N)c(OC)c1F. The second kappa shape index (κ2) is 5.17. The van der Waals surface area contributed by atoms with Crippen LogP contribution in [0.4, 0.5) is 4.39 Å². The average Bonchev–Trinajstić information content (AvgIpc) is 2.28. The largest absolute Gasteiger partial charge is 0.493 e. The molecule has 0 N–H and O–H groups in total. The molecule has 0 amide bonds. The fourth-order valence-electron chi connectivity index (χ4n) is 1.39. The first-order valence-electron chi connectivity index (χ1n) is 4.56. The summed E-state index contributed by atoms with van der Waals surface area (Å²) >= 11 is 3.19. The number of hydrogen-bond acceptors (Lipinski definition) is 3. The third-order valence-electron chi connectivity index (χ3n) is 2.23. The van der Waals surface area contributed by atoms with Crippen LogP contribution in [0.5, 0.6) is 11.5 Å². The van der Waals surface area contributed by atoms with E-state index in [1.165, 1.54) is 14.2 Å². The van der Waals surface area contributed by atoms with Gasteiger partial charge >= 0.3 is 0 Å². The van der Waals surface area contributed by atoms with Crippen molar-refractivity contribution in [2.24, 2.45) is 0 Å². The van der Waals surface area contributed by atoms with Crippen LogP contribution in [0, 0.1) is 17.1 Å². The van der Waals surface area contributed by atoms with Crippen LogP contribution in [-0.4, -0.2) is 14.2 Å². The Kier molecular flexibility index (Phi) is 4.13. The Hall–Kier alpha value is -1.28. The van der Waals surface area contributed by atoms with E-state index < -0.39 is 11.7 Å². The first kappa shape index (κ1) is 12.8. The van der Waals surface area contributed by atoms with Crippen molar-refractivity contribution in [3.05, 3.63) is 21.9 Å². The van der Waals surface area contributed by atoms with E-state index in [1.54, 1.807) is 13.0 Å². The van der Waals surface area contributed by atoms with Crippen LogP contribution in [0.3, 0.4) is 0 Å². The minimum atomic E-state index is -0.600. The second-order valence-electron chi connectivity index (χ2n) is 3.18. The Labute approximate surface area is 102 Å². The topological polar surface area (TPSA) is 42.2 Å². The van der Waals surface area contributed by atoms with Crippen molar-refractivity contribution in [1.29, 1.82) is 5.26 Å². The van der Waals surface area contributed by atoms with Crippen LogP contribution >= 0.6 is 15.9 Å². The zero-order valence-corrected chi connectivity index (χ0v) is 10.8. The van der Waals surface area contributed by atoms with E-state index in [9.17, 15) is 4.39 Å². The maximum absolute atomic E-state index is 13.9. The van der Waals surface area contributed by atoms with Crippen LogP contribution in [-0.2, 0) is 0 Å². The molecule has 0 aliphatic heterocycles. The van der Waals surface area contributed by atoms with E-state index in [-0.39, 0.29) is 11.5 Å². The van der Waals surface area contributed by atoms with Gasteiger partial charge in [-0.05, 0) is 28.9 Å². The molecule has 0 fully saturated rings. The summed E-state index contributed by atoms with van der Waals surface area (Å²) in [5, 5.41) is 8.84. The molecule has 3 nitrogen and oxygen atoms in total. The molecule has 0 aromatic heterocycles. The molecule has 0 radical (unpaired) electrons. The predicted molar refractivity (Wildman–Crippen MR) is 61.2 cm³/mol. The molecule has 1 atom stereocenters. The van der Waals surface area contributed by atoms with Gasteiger partial charge in [0.25, 0.3) is 0 Å². The molecule has 16 heavy (non-hydrogen) atoms. The molecule has 0 saturated heterocycles. The number of halogens is 2. The summed E-state index contributed by atoms with van der Waals surface area (Å²) in [7, 11) is 2.73. The summed E-state index contributed by atoms with van der Waals surface area (Å²) in [6.45, 7) is 1.68. The number of methoxy groups -OCH3 is 2. The molecular weight excluding hydrogens is 277 g/mol. The number of hydrogen-bond donors (Lipinski definition) is 0. The van der Waals surface area contributed by atoms with Crippen molar-refractivity contribution in [2.75, 3.05) is 14.2 Å². The first-order valence-corrected chi connectivity index (χ1v) is 5.35. The van der Waals surface area contributed by atoms with E-state index >= 15 is 0 Å². The van der Waals surface area contributed by atoms with Crippen molar-refractivity contribution >= 4 is 15.9 Å². The van der Waals surface area contributed by atoms with Gasteiger partial charge in [-0.3, -0.25) is 0 Å². The minimum absolute atomic E-state index is 0.0501. The highest BCUT2D eigenvalue weighted by Crippen LogP contribution is 2.39. The van der Waals surface area contributed by atoms with Gasteiger partial charge < -0.3 is 9.47 Å². The van der Waals surface area contributed by atoms with Crippen LogP contribution in [0.2, 0.25) is 0 Å². The van der Waals surface area contributed by atoms with E-state index in [4.69, 9.17) is 14.7 Å². The molecule has 1 rings (SSSR count). The van der Waals surface area contributed by atoms with E-state index in [1.807, 2.05) is 6.07 Å². The van der Waals surface area contributed by atoms with Crippen molar-refractivity contribution in [1.82, 2.24) is 0 Å². The van der Waals surface area contributed by atoms with Crippen molar-refractivity contribution < 1.29 is 13.9 Å². The maximum atomic E-state index is 13.9. The lowest BCUT2D eigenvalue weighted by Crippen LogP contribution is -2.01. The normalized spacial score (nSPS) is 11.8. The molecule has 0 aliphatic carbocycles. The molecule has 5 heteroatoms. The standard InChI is InChI=1S/C11H11BrFNO2/c1-6(5-14)7-4-8(12)11(16-3)9(13)10(7)15-2/h4,6H,1-3H3. The number of rotatable bonds is 3. The number of nitrogens with zero attached hydrogens (tertiary/aromatic N) is 1. The lowest BCUT2D eigenvalue weighted by molar-refractivity contribution is 0.345. The fraction of sp³-hybridized carbons (Fsp3) is 0.364. The molecule has 0 bridgehead atoms. The monoisotopic (exact) mass is 287 g/mol. The molecular formula is C11H11BrFNO2. The third-order valence-corrected chi connectivity index (χ3v) is 2.82. The van der Waals surface area contributed by atoms with Crippen LogP contribution in [0.25, 0.3) is 0 Å². The zero-order chi connectivity index (χ0) is 12.3. The smallest absolute Gasteiger partial charge is 0.208 e. The van der Waals surface area contributed by atoms with Gasteiger partial charge in [0.2, 0.25) is 5.82 Å². The molecule has 0 aliphatic rings. The zero-order valence-electron chi connectivity index (χ0n) is 9.17. The van der Waals surface area contributed by atoms with Crippen LogP contribution < -0.4 is 9.47 Å². The summed E-state index contributed by atoms with van der Waals surface area (Å²) < 4.78 is 24.2. The molecule has 1 aromatic rings. The average molecular weight is 288 g/mol. The molecule has 1 unspecified atom stereocenters. The highest BCUT2D eigenvalue weighted by atomic mass is 79.9. The van der Waals surface area contributed by atoms with Crippen molar-refractivity contribution in [3.8, 4) is 17.6 Å². The van der Waals surface area contributed by atoms with Gasteiger partial charge in [0.15, 0.2) is 11.5 Å².